The van der Waals surface area contributed by atoms with Gasteiger partial charge < -0.3 is 9.04 Å². The smallest absolute Gasteiger partial charge is 0.338 e. The van der Waals surface area contributed by atoms with Crippen molar-refractivity contribution >= 4 is 35.1 Å². The summed E-state index contributed by atoms with van der Waals surface area (Å²) in [6.45, 7) is 5.89. The van der Waals surface area contributed by atoms with E-state index >= 15 is 0 Å². The van der Waals surface area contributed by atoms with Crippen LogP contribution in [0.2, 0.25) is 0 Å². The highest BCUT2D eigenvalue weighted by Gasteiger charge is 2.25. The number of esters is 2. The van der Waals surface area contributed by atoms with Crippen molar-refractivity contribution in [1.82, 2.24) is 0 Å². The van der Waals surface area contributed by atoms with Crippen molar-refractivity contribution in [1.29, 1.82) is 0 Å². The minimum Gasteiger partial charge on any atom is -0.389 e. The lowest BCUT2D eigenvalue weighted by Gasteiger charge is -2.27. The molecular formula is C18H21NO3S. The minimum atomic E-state index is -0.695. The number of hydrogen-bond donors (Lipinski definition) is 0. The number of carbonyl (C=O) groups excluding carboxylic acids is 2. The summed E-state index contributed by atoms with van der Waals surface area (Å²) in [7, 11) is 0. The van der Waals surface area contributed by atoms with Crippen molar-refractivity contribution < 1.29 is 14.3 Å². The first-order valence-electron chi connectivity index (χ1n) is 7.38. The number of allylic oxidation sites excluding steroid dienone is 2. The number of hydrogen-bond acceptors (Lipinski definition) is 5. The third kappa shape index (κ3) is 4.26. The van der Waals surface area contributed by atoms with E-state index in [1.165, 1.54) is 6.08 Å². The molecule has 0 fully saturated rings. The van der Waals surface area contributed by atoms with Crippen LogP contribution in [-0.2, 0) is 14.3 Å². The Balaban J connectivity index is 2.13. The van der Waals surface area contributed by atoms with Crippen molar-refractivity contribution in [2.24, 2.45) is 5.41 Å². The molecule has 4 nitrogen and oxygen atoms in total. The molecule has 0 saturated carbocycles. The molecule has 2 rings (SSSR count). The van der Waals surface area contributed by atoms with Crippen LogP contribution in [0.4, 0.5) is 5.69 Å². The van der Waals surface area contributed by atoms with Gasteiger partial charge in [0.2, 0.25) is 0 Å². The van der Waals surface area contributed by atoms with Crippen LogP contribution >= 0.6 is 11.9 Å². The molecule has 122 valence electrons. The van der Waals surface area contributed by atoms with E-state index in [1.54, 1.807) is 38.8 Å². The molecule has 5 heteroatoms. The zero-order valence-corrected chi connectivity index (χ0v) is 14.6. The second-order valence-electron chi connectivity index (χ2n) is 6.21. The molecular weight excluding hydrogens is 310 g/mol. The monoisotopic (exact) mass is 331 g/mol. The number of rotatable bonds is 3. The first-order valence-corrected chi connectivity index (χ1v) is 8.56. The molecule has 0 radical (unpaired) electrons. The van der Waals surface area contributed by atoms with Gasteiger partial charge in [-0.1, -0.05) is 36.2 Å². The molecule has 1 aromatic rings. The lowest BCUT2D eigenvalue weighted by molar-refractivity contribution is -0.162. The van der Waals surface area contributed by atoms with Crippen LogP contribution < -0.4 is 4.31 Å². The fourth-order valence-electron chi connectivity index (χ4n) is 2.09. The van der Waals surface area contributed by atoms with Gasteiger partial charge in [0.15, 0.2) is 0 Å². The first kappa shape index (κ1) is 17.3. The number of para-hydroxylation sites is 1. The SMILES string of the molecule is CSN1CC=C(/C=C/C(=O)OC(=O)C(C)(C)C)c2ccccc21. The van der Waals surface area contributed by atoms with E-state index in [-0.39, 0.29) is 0 Å². The summed E-state index contributed by atoms with van der Waals surface area (Å²) in [6, 6.07) is 8.02. The summed E-state index contributed by atoms with van der Waals surface area (Å²) in [5, 5.41) is 0. The second-order valence-corrected chi connectivity index (χ2v) is 7.02. The first-order chi connectivity index (χ1) is 10.8. The summed E-state index contributed by atoms with van der Waals surface area (Å²) >= 11 is 1.65. The highest BCUT2D eigenvalue weighted by Crippen LogP contribution is 2.34. The van der Waals surface area contributed by atoms with Gasteiger partial charge in [-0.15, -0.1) is 0 Å². The van der Waals surface area contributed by atoms with Gasteiger partial charge in [-0.05, 0) is 38.5 Å². The molecule has 0 aromatic heterocycles. The maximum Gasteiger partial charge on any atom is 0.338 e. The Bertz CT molecular complexity index is 671. The van der Waals surface area contributed by atoms with Crippen LogP contribution in [0.15, 0.2) is 42.5 Å². The molecule has 0 amide bonds. The van der Waals surface area contributed by atoms with Crippen LogP contribution in [-0.4, -0.2) is 24.7 Å². The van der Waals surface area contributed by atoms with E-state index < -0.39 is 17.4 Å². The van der Waals surface area contributed by atoms with Crippen LogP contribution in [0.1, 0.15) is 26.3 Å². The molecule has 0 spiro atoms. The molecule has 0 aliphatic carbocycles. The van der Waals surface area contributed by atoms with Crippen LogP contribution in [0.5, 0.6) is 0 Å². The molecule has 0 unspecified atom stereocenters. The van der Waals surface area contributed by atoms with Crippen molar-refractivity contribution in [3.8, 4) is 0 Å². The predicted molar refractivity (Wildman–Crippen MR) is 95.0 cm³/mol. The largest absolute Gasteiger partial charge is 0.389 e. The van der Waals surface area contributed by atoms with E-state index in [0.29, 0.717) is 0 Å². The molecule has 0 N–H and O–H groups in total. The maximum absolute atomic E-state index is 11.8. The summed E-state index contributed by atoms with van der Waals surface area (Å²) in [6.07, 6.45) is 7.09. The van der Waals surface area contributed by atoms with E-state index in [9.17, 15) is 9.59 Å². The van der Waals surface area contributed by atoms with Gasteiger partial charge in [0.05, 0.1) is 11.1 Å². The molecule has 1 aliphatic rings. The van der Waals surface area contributed by atoms with Gasteiger partial charge >= 0.3 is 11.9 Å². The highest BCUT2D eigenvalue weighted by molar-refractivity contribution is 8.00. The van der Waals surface area contributed by atoms with Gasteiger partial charge in [0.1, 0.15) is 0 Å². The Labute approximate surface area is 141 Å². The van der Waals surface area contributed by atoms with Crippen molar-refractivity contribution in [2.45, 2.75) is 20.8 Å². The Kier molecular flexibility index (Phi) is 5.31. The Morgan fingerprint density at radius 3 is 2.61 bits per heavy atom. The second kappa shape index (κ2) is 7.04. The number of ether oxygens (including phenoxy) is 1. The molecule has 23 heavy (non-hydrogen) atoms. The Morgan fingerprint density at radius 1 is 1.26 bits per heavy atom. The van der Waals surface area contributed by atoms with Crippen molar-refractivity contribution in [3.05, 3.63) is 48.1 Å². The minimum absolute atomic E-state index is 0.529. The molecule has 0 saturated heterocycles. The average molecular weight is 331 g/mol. The van der Waals surface area contributed by atoms with E-state index in [1.807, 2.05) is 36.6 Å². The molecule has 1 aromatic carbocycles. The fraction of sp³-hybridized carbons (Fsp3) is 0.333. The summed E-state index contributed by atoms with van der Waals surface area (Å²) in [5.41, 5.74) is 2.42. The molecule has 1 aliphatic heterocycles. The normalized spacial score (nSPS) is 14.4. The lowest BCUT2D eigenvalue weighted by Crippen LogP contribution is -2.25. The van der Waals surface area contributed by atoms with Gasteiger partial charge in [-0.25, -0.2) is 4.79 Å². The Hall–Kier alpha value is -2.01. The average Bonchev–Trinajstić information content (AvgIpc) is 2.51. The number of anilines is 1. The standard InChI is InChI=1S/C18H21NO3S/c1-18(2,3)17(21)22-16(20)10-9-13-11-12-19(23-4)15-8-6-5-7-14(13)15/h5-11H,12H2,1-4H3/b10-9+. The van der Waals surface area contributed by atoms with Crippen LogP contribution in [0, 0.1) is 5.41 Å². The van der Waals surface area contributed by atoms with E-state index in [2.05, 4.69) is 4.31 Å². The van der Waals surface area contributed by atoms with Gasteiger partial charge in [0, 0.05) is 24.4 Å². The fourth-order valence-corrected chi connectivity index (χ4v) is 2.67. The Morgan fingerprint density at radius 2 is 1.96 bits per heavy atom. The van der Waals surface area contributed by atoms with Gasteiger partial charge in [0.25, 0.3) is 0 Å². The number of carbonyl (C=O) groups is 2. The number of fused-ring (bicyclic) bond motifs is 1. The van der Waals surface area contributed by atoms with Crippen LogP contribution in [0.3, 0.4) is 0 Å². The maximum atomic E-state index is 11.8. The van der Waals surface area contributed by atoms with Crippen molar-refractivity contribution in [2.75, 3.05) is 17.1 Å². The van der Waals surface area contributed by atoms with Crippen molar-refractivity contribution in [3.63, 3.8) is 0 Å². The quantitative estimate of drug-likeness (QED) is 0.364. The van der Waals surface area contributed by atoms with E-state index in [0.717, 1.165) is 23.4 Å². The van der Waals surface area contributed by atoms with Crippen LogP contribution in [0.25, 0.3) is 5.57 Å². The van der Waals surface area contributed by atoms with E-state index in [4.69, 9.17) is 4.74 Å². The highest BCUT2D eigenvalue weighted by atomic mass is 32.2. The molecule has 1 heterocycles. The number of nitrogens with zero attached hydrogens (tertiary/aromatic N) is 1. The summed E-state index contributed by atoms with van der Waals surface area (Å²) in [5.74, 6) is -1.17. The topological polar surface area (TPSA) is 46.6 Å². The third-order valence-electron chi connectivity index (χ3n) is 3.39. The molecule has 0 bridgehead atoms. The lowest BCUT2D eigenvalue weighted by atomic mass is 9.97. The summed E-state index contributed by atoms with van der Waals surface area (Å²) < 4.78 is 7.00. The number of benzene rings is 1. The zero-order valence-electron chi connectivity index (χ0n) is 13.8. The molecule has 0 atom stereocenters. The van der Waals surface area contributed by atoms with Gasteiger partial charge in [-0.3, -0.25) is 4.79 Å². The predicted octanol–water partition coefficient (Wildman–Crippen LogP) is 3.84. The summed E-state index contributed by atoms with van der Waals surface area (Å²) in [4.78, 5) is 23.5. The third-order valence-corrected chi connectivity index (χ3v) is 4.17. The zero-order chi connectivity index (χ0) is 17.0. The van der Waals surface area contributed by atoms with Gasteiger partial charge in [-0.2, -0.15) is 0 Å².